The number of benzene rings is 1. The van der Waals surface area contributed by atoms with Crippen molar-refractivity contribution in [1.82, 2.24) is 25.2 Å². The molecular formula is C29H35FN6O4. The lowest BCUT2D eigenvalue weighted by atomic mass is 9.96. The van der Waals surface area contributed by atoms with Crippen molar-refractivity contribution in [3.63, 3.8) is 0 Å². The number of fused-ring (bicyclic) bond motifs is 3. The van der Waals surface area contributed by atoms with Crippen molar-refractivity contribution in [2.75, 3.05) is 32.1 Å². The average Bonchev–Trinajstić information content (AvgIpc) is 3.38. The van der Waals surface area contributed by atoms with Crippen molar-refractivity contribution >= 4 is 22.5 Å². The molecule has 10 nitrogen and oxygen atoms in total. The van der Waals surface area contributed by atoms with Gasteiger partial charge in [-0.15, -0.1) is 0 Å². The lowest BCUT2D eigenvalue weighted by Crippen LogP contribution is -2.53. The molecule has 1 aromatic carbocycles. The van der Waals surface area contributed by atoms with Crippen molar-refractivity contribution in [3.8, 4) is 16.9 Å². The summed E-state index contributed by atoms with van der Waals surface area (Å²) in [4.78, 5) is 28.5. The zero-order valence-electron chi connectivity index (χ0n) is 22.6. The number of ether oxygens (including phenoxy) is 2. The van der Waals surface area contributed by atoms with Gasteiger partial charge in [0.2, 0.25) is 5.91 Å². The number of likely N-dealkylation sites (tertiary alicyclic amines) is 1. The number of nitrogens with zero attached hydrogens (tertiary/aromatic N) is 4. The van der Waals surface area contributed by atoms with E-state index in [1.165, 1.54) is 0 Å². The Morgan fingerprint density at radius 1 is 1.18 bits per heavy atom. The number of likely N-dealkylation sites (N-methyl/N-ethyl adjacent to an activating group) is 1. The van der Waals surface area contributed by atoms with E-state index in [4.69, 9.17) is 9.47 Å². The van der Waals surface area contributed by atoms with Crippen LogP contribution in [0, 0.1) is 0 Å². The van der Waals surface area contributed by atoms with Crippen LogP contribution < -0.4 is 15.4 Å². The van der Waals surface area contributed by atoms with Gasteiger partial charge in [0.15, 0.2) is 12.0 Å². The Morgan fingerprint density at radius 3 is 2.83 bits per heavy atom. The number of carbonyl (C=O) groups is 1. The molecule has 11 heteroatoms. The van der Waals surface area contributed by atoms with Gasteiger partial charge >= 0.3 is 0 Å². The SMILES string of the molecule is CN1CC[C@H]2C[C@H]1C(=O)NCC(F)COc1c(-c3cnc(CO[C@H]4CCC[C@@H]4O)nc3)ccc3ncc(cc13)N2. The standard InChI is InChI=1S/C29H35FN6O4/c1-36-8-7-19-10-24(36)29(38)34-13-18(30)15-40-28-21(5-6-23-22(28)9-20(35-19)14-31-23)17-11-32-27(33-12-17)16-39-26-4-2-3-25(26)37/h5-6,9,11-12,14,18-19,24-26,35,37H,2-4,7-8,10,13,15-16H2,1H3,(H,34,38)/t18?,19-,24-,25-,26-/m0/s1. The number of amides is 1. The Morgan fingerprint density at radius 2 is 2.02 bits per heavy atom. The van der Waals surface area contributed by atoms with Gasteiger partial charge in [-0.1, -0.05) is 0 Å². The van der Waals surface area contributed by atoms with Crippen LogP contribution in [0.4, 0.5) is 10.1 Å². The quantitative estimate of drug-likeness (QED) is 0.450. The van der Waals surface area contributed by atoms with Gasteiger partial charge in [-0.3, -0.25) is 14.7 Å². The van der Waals surface area contributed by atoms with E-state index in [0.29, 0.717) is 29.1 Å². The molecule has 1 saturated heterocycles. The molecular weight excluding hydrogens is 515 g/mol. The lowest BCUT2D eigenvalue weighted by Gasteiger charge is -2.37. The summed E-state index contributed by atoms with van der Waals surface area (Å²) in [5, 5.41) is 17.1. The minimum atomic E-state index is -1.39. The summed E-state index contributed by atoms with van der Waals surface area (Å²) in [5.41, 5.74) is 2.97. The predicted octanol–water partition coefficient (Wildman–Crippen LogP) is 2.84. The van der Waals surface area contributed by atoms with E-state index in [9.17, 15) is 14.3 Å². The molecule has 1 aliphatic carbocycles. The van der Waals surface area contributed by atoms with Gasteiger partial charge in [0.05, 0.1) is 42.2 Å². The highest BCUT2D eigenvalue weighted by molar-refractivity contribution is 5.94. The molecule has 3 aliphatic rings. The van der Waals surface area contributed by atoms with Crippen molar-refractivity contribution in [2.24, 2.45) is 0 Å². The lowest BCUT2D eigenvalue weighted by molar-refractivity contribution is -0.127. The molecule has 1 unspecified atom stereocenters. The number of hydrogen-bond donors (Lipinski definition) is 3. The highest BCUT2D eigenvalue weighted by atomic mass is 19.1. The van der Waals surface area contributed by atoms with Gasteiger partial charge in [0, 0.05) is 41.5 Å². The second-order valence-electron chi connectivity index (χ2n) is 11.0. The normalized spacial score (nSPS) is 27.6. The first-order valence-electron chi connectivity index (χ1n) is 14.0. The maximum atomic E-state index is 15.0. The Bertz CT molecular complexity index is 1360. The zero-order chi connectivity index (χ0) is 27.6. The van der Waals surface area contributed by atoms with E-state index in [0.717, 1.165) is 48.8 Å². The average molecular weight is 551 g/mol. The molecule has 40 heavy (non-hydrogen) atoms. The summed E-state index contributed by atoms with van der Waals surface area (Å²) in [6, 6.07) is 5.51. The molecule has 1 saturated carbocycles. The Kier molecular flexibility index (Phi) is 7.77. The number of aliphatic hydroxyl groups excluding tert-OH is 1. The van der Waals surface area contributed by atoms with Gasteiger partial charge in [-0.2, -0.15) is 0 Å². The van der Waals surface area contributed by atoms with Crippen LogP contribution in [0.1, 0.15) is 37.9 Å². The fraction of sp³-hybridized carbons (Fsp3) is 0.517. The summed E-state index contributed by atoms with van der Waals surface area (Å²) >= 11 is 0. The fourth-order valence-corrected chi connectivity index (χ4v) is 5.80. The number of pyridine rings is 1. The monoisotopic (exact) mass is 550 g/mol. The second kappa shape index (κ2) is 11.6. The molecule has 2 fully saturated rings. The van der Waals surface area contributed by atoms with Crippen molar-refractivity contribution < 1.29 is 23.8 Å². The molecule has 2 aliphatic heterocycles. The first kappa shape index (κ1) is 26.8. The molecule has 4 heterocycles. The van der Waals surface area contributed by atoms with Crippen LogP contribution >= 0.6 is 0 Å². The number of halogens is 1. The zero-order valence-corrected chi connectivity index (χ0v) is 22.6. The summed E-state index contributed by atoms with van der Waals surface area (Å²) in [6.07, 6.45) is 7.20. The van der Waals surface area contributed by atoms with Gasteiger partial charge in [-0.05, 0) is 57.4 Å². The maximum Gasteiger partial charge on any atom is 0.237 e. The molecule has 5 atom stereocenters. The molecule has 4 bridgehead atoms. The van der Waals surface area contributed by atoms with E-state index >= 15 is 0 Å². The fourth-order valence-electron chi connectivity index (χ4n) is 5.80. The Labute approximate surface area is 232 Å². The van der Waals surface area contributed by atoms with Gasteiger partial charge < -0.3 is 25.2 Å². The number of anilines is 1. The maximum absolute atomic E-state index is 15.0. The van der Waals surface area contributed by atoms with Crippen LogP contribution in [0.25, 0.3) is 22.0 Å². The Hall–Kier alpha value is -3.41. The highest BCUT2D eigenvalue weighted by Gasteiger charge is 2.32. The number of aliphatic hydroxyl groups is 1. The minimum absolute atomic E-state index is 0.0800. The van der Waals surface area contributed by atoms with Crippen molar-refractivity contribution in [3.05, 3.63) is 42.6 Å². The summed E-state index contributed by atoms with van der Waals surface area (Å²) < 4.78 is 26.9. The Balaban J connectivity index is 1.30. The van der Waals surface area contributed by atoms with Gasteiger partial charge in [-0.25, -0.2) is 14.4 Å². The van der Waals surface area contributed by atoms with Crippen LogP contribution in [0.15, 0.2) is 36.8 Å². The molecule has 3 N–H and O–H groups in total. The molecule has 2 aromatic heterocycles. The van der Waals surface area contributed by atoms with E-state index in [2.05, 4.69) is 25.6 Å². The summed E-state index contributed by atoms with van der Waals surface area (Å²) in [6.45, 7) is 0.619. The van der Waals surface area contributed by atoms with Gasteiger partial charge in [0.1, 0.15) is 19.0 Å². The van der Waals surface area contributed by atoms with E-state index in [-0.39, 0.29) is 43.9 Å². The third-order valence-electron chi connectivity index (χ3n) is 8.13. The smallest absolute Gasteiger partial charge is 0.237 e. The number of piperidine rings is 1. The van der Waals surface area contributed by atoms with E-state index < -0.39 is 12.3 Å². The largest absolute Gasteiger partial charge is 0.489 e. The first-order chi connectivity index (χ1) is 19.4. The summed E-state index contributed by atoms with van der Waals surface area (Å²) in [7, 11) is 1.92. The molecule has 0 spiro atoms. The number of carbonyl (C=O) groups excluding carboxylic acids is 1. The topological polar surface area (TPSA) is 122 Å². The molecule has 3 aromatic rings. The van der Waals surface area contributed by atoms with Crippen LogP contribution in [-0.4, -0.2) is 88.1 Å². The van der Waals surface area contributed by atoms with Crippen LogP contribution in [0.3, 0.4) is 0 Å². The third kappa shape index (κ3) is 5.72. The van der Waals surface area contributed by atoms with Crippen LogP contribution in [-0.2, 0) is 16.1 Å². The predicted molar refractivity (Wildman–Crippen MR) is 148 cm³/mol. The molecule has 1 amide bonds. The van der Waals surface area contributed by atoms with E-state index in [1.54, 1.807) is 18.6 Å². The summed E-state index contributed by atoms with van der Waals surface area (Å²) in [5.74, 6) is 0.833. The highest BCUT2D eigenvalue weighted by Crippen LogP contribution is 2.37. The van der Waals surface area contributed by atoms with Crippen molar-refractivity contribution in [2.45, 2.75) is 69.2 Å². The first-order valence-corrected chi connectivity index (χ1v) is 14.0. The number of alkyl halides is 1. The number of hydrogen-bond acceptors (Lipinski definition) is 9. The number of nitrogens with one attached hydrogen (secondary N) is 2. The van der Waals surface area contributed by atoms with Crippen molar-refractivity contribution in [1.29, 1.82) is 0 Å². The third-order valence-corrected chi connectivity index (χ3v) is 8.13. The minimum Gasteiger partial charge on any atom is -0.489 e. The number of aromatic nitrogens is 3. The van der Waals surface area contributed by atoms with Gasteiger partial charge in [0.25, 0.3) is 0 Å². The molecule has 212 valence electrons. The molecule has 6 rings (SSSR count). The van der Waals surface area contributed by atoms with Crippen LogP contribution in [0.2, 0.25) is 0 Å². The van der Waals surface area contributed by atoms with E-state index in [1.807, 2.05) is 30.1 Å². The van der Waals surface area contributed by atoms with Crippen LogP contribution in [0.5, 0.6) is 5.75 Å². The second-order valence-corrected chi connectivity index (χ2v) is 11.0. The number of rotatable bonds is 4. The molecule has 0 radical (unpaired) electrons.